The Balaban J connectivity index is 1.57. The van der Waals surface area contributed by atoms with Crippen LogP contribution in [0.1, 0.15) is 36.0 Å². The molecule has 4 aromatic rings. The minimum atomic E-state index is -0.280. The molecule has 1 aliphatic rings. The van der Waals surface area contributed by atoms with Crippen LogP contribution in [0, 0.1) is 6.92 Å². The van der Waals surface area contributed by atoms with Crippen LogP contribution in [0.25, 0.3) is 11.3 Å². The summed E-state index contributed by atoms with van der Waals surface area (Å²) in [6.45, 7) is 3.46. The maximum Gasteiger partial charge on any atom is 0.221 e. The highest BCUT2D eigenvalue weighted by Crippen LogP contribution is 2.43. The molecule has 2 aromatic heterocycles. The molecule has 3 heterocycles. The van der Waals surface area contributed by atoms with Gasteiger partial charge in [-0.15, -0.1) is 0 Å². The van der Waals surface area contributed by atoms with Crippen molar-refractivity contribution in [2.24, 2.45) is 0 Å². The lowest BCUT2D eigenvalue weighted by molar-refractivity contribution is -0.114. The molecule has 0 bridgehead atoms. The normalized spacial score (nSPS) is 17.3. The number of furan rings is 1. The summed E-state index contributed by atoms with van der Waals surface area (Å²) in [4.78, 5) is 18.0. The number of carbonyl (C=O) groups excluding carboxylic acids is 1. The molecule has 5 rings (SSSR count). The van der Waals surface area contributed by atoms with Crippen LogP contribution in [0.3, 0.4) is 0 Å². The first-order valence-corrected chi connectivity index (χ1v) is 11.9. The van der Waals surface area contributed by atoms with Crippen LogP contribution in [0.5, 0.6) is 0 Å². The number of halogens is 1. The molecule has 0 aliphatic carbocycles. The van der Waals surface area contributed by atoms with Gasteiger partial charge in [0.2, 0.25) is 5.91 Å². The molecule has 1 saturated heterocycles. The highest BCUT2D eigenvalue weighted by atomic mass is 35.5. The predicted octanol–water partition coefficient (Wildman–Crippen LogP) is 6.44. The zero-order valence-corrected chi connectivity index (χ0v) is 20.7. The Labute approximate surface area is 213 Å². The molecule has 2 atom stereocenters. The van der Waals surface area contributed by atoms with Crippen LogP contribution >= 0.6 is 23.8 Å². The van der Waals surface area contributed by atoms with E-state index in [2.05, 4.69) is 15.6 Å². The molecule has 6 nitrogen and oxygen atoms in total. The van der Waals surface area contributed by atoms with E-state index in [-0.39, 0.29) is 18.0 Å². The van der Waals surface area contributed by atoms with Gasteiger partial charge in [-0.3, -0.25) is 9.78 Å². The van der Waals surface area contributed by atoms with E-state index in [1.165, 1.54) is 6.92 Å². The molecule has 0 saturated carbocycles. The zero-order chi connectivity index (χ0) is 24.5. The Morgan fingerprint density at radius 1 is 1.09 bits per heavy atom. The van der Waals surface area contributed by atoms with Gasteiger partial charge < -0.3 is 20.0 Å². The topological polar surface area (TPSA) is 70.4 Å². The number of rotatable bonds is 5. The van der Waals surface area contributed by atoms with Gasteiger partial charge in [0.05, 0.1) is 11.7 Å². The Bertz CT molecular complexity index is 1390. The van der Waals surface area contributed by atoms with Gasteiger partial charge in [-0.1, -0.05) is 29.8 Å². The predicted molar refractivity (Wildman–Crippen MR) is 143 cm³/mol. The first-order valence-electron chi connectivity index (χ1n) is 11.2. The van der Waals surface area contributed by atoms with Gasteiger partial charge in [-0.2, -0.15) is 0 Å². The number of nitrogens with one attached hydrogen (secondary N) is 2. The minimum absolute atomic E-state index is 0.122. The molecule has 176 valence electrons. The smallest absolute Gasteiger partial charge is 0.221 e. The first kappa shape index (κ1) is 23.1. The monoisotopic (exact) mass is 502 g/mol. The lowest BCUT2D eigenvalue weighted by Crippen LogP contribution is -2.29. The summed E-state index contributed by atoms with van der Waals surface area (Å²) in [5.74, 6) is 1.36. The SMILES string of the molecule is CC(=O)Nc1ccc(N2C(=S)NC(c3ccccn3)C2c2ccc(-c3cccc(Cl)c3C)o2)cc1. The van der Waals surface area contributed by atoms with E-state index in [0.29, 0.717) is 15.8 Å². The van der Waals surface area contributed by atoms with E-state index in [9.17, 15) is 4.79 Å². The van der Waals surface area contributed by atoms with Crippen molar-refractivity contribution < 1.29 is 9.21 Å². The van der Waals surface area contributed by atoms with Gasteiger partial charge in [0.25, 0.3) is 0 Å². The number of amides is 1. The number of thiocarbonyl (C=S) groups is 1. The van der Waals surface area contributed by atoms with Crippen LogP contribution in [0.15, 0.2) is 83.4 Å². The van der Waals surface area contributed by atoms with Crippen molar-refractivity contribution in [1.29, 1.82) is 0 Å². The van der Waals surface area contributed by atoms with E-state index in [1.807, 2.05) is 84.6 Å². The Morgan fingerprint density at radius 2 is 1.89 bits per heavy atom. The Morgan fingerprint density at radius 3 is 2.60 bits per heavy atom. The van der Waals surface area contributed by atoms with Crippen LogP contribution in [0.4, 0.5) is 11.4 Å². The van der Waals surface area contributed by atoms with Crippen LogP contribution in [-0.2, 0) is 4.79 Å². The van der Waals surface area contributed by atoms with E-state index in [1.54, 1.807) is 6.20 Å². The molecule has 8 heteroatoms. The van der Waals surface area contributed by atoms with Crippen molar-refractivity contribution in [1.82, 2.24) is 10.3 Å². The van der Waals surface area contributed by atoms with Gasteiger partial charge in [-0.25, -0.2) is 0 Å². The highest BCUT2D eigenvalue weighted by molar-refractivity contribution is 7.80. The van der Waals surface area contributed by atoms with Crippen molar-refractivity contribution in [2.75, 3.05) is 10.2 Å². The summed E-state index contributed by atoms with van der Waals surface area (Å²) in [6, 6.07) is 22.6. The van der Waals surface area contributed by atoms with Crippen molar-refractivity contribution >= 4 is 46.2 Å². The number of carbonyl (C=O) groups is 1. The average molecular weight is 503 g/mol. The van der Waals surface area contributed by atoms with Crippen molar-refractivity contribution in [2.45, 2.75) is 25.9 Å². The average Bonchev–Trinajstić information content (AvgIpc) is 3.46. The Hall–Kier alpha value is -3.68. The maximum absolute atomic E-state index is 11.4. The number of benzene rings is 2. The molecule has 1 aliphatic heterocycles. The summed E-state index contributed by atoms with van der Waals surface area (Å²) < 4.78 is 6.43. The van der Waals surface area contributed by atoms with Crippen molar-refractivity contribution in [3.8, 4) is 11.3 Å². The Kier molecular flexibility index (Phi) is 6.28. The summed E-state index contributed by atoms with van der Waals surface area (Å²) in [6.07, 6.45) is 1.77. The van der Waals surface area contributed by atoms with Gasteiger partial charge in [-0.05, 0) is 79.3 Å². The fourth-order valence-electron chi connectivity index (χ4n) is 4.36. The third-order valence-corrected chi connectivity index (χ3v) is 6.74. The molecule has 0 radical (unpaired) electrons. The zero-order valence-electron chi connectivity index (χ0n) is 19.2. The van der Waals surface area contributed by atoms with E-state index >= 15 is 0 Å². The van der Waals surface area contributed by atoms with Crippen LogP contribution < -0.4 is 15.5 Å². The minimum Gasteiger partial charge on any atom is -0.459 e. The third kappa shape index (κ3) is 4.52. The van der Waals surface area contributed by atoms with Gasteiger partial charge >= 0.3 is 0 Å². The number of anilines is 2. The molecule has 2 aromatic carbocycles. The summed E-state index contributed by atoms with van der Waals surface area (Å²) in [5.41, 5.74) is 4.35. The number of hydrogen-bond acceptors (Lipinski definition) is 4. The van der Waals surface area contributed by atoms with E-state index in [4.69, 9.17) is 28.2 Å². The molecule has 0 spiro atoms. The molecule has 1 fully saturated rings. The highest BCUT2D eigenvalue weighted by Gasteiger charge is 2.42. The first-order chi connectivity index (χ1) is 16.9. The second-order valence-electron chi connectivity index (χ2n) is 8.34. The molecular weight excluding hydrogens is 480 g/mol. The van der Waals surface area contributed by atoms with Gasteiger partial charge in [0.15, 0.2) is 5.11 Å². The number of pyridine rings is 1. The van der Waals surface area contributed by atoms with Gasteiger partial charge in [0, 0.05) is 35.1 Å². The lowest BCUT2D eigenvalue weighted by Gasteiger charge is -2.26. The summed E-state index contributed by atoms with van der Waals surface area (Å²) in [7, 11) is 0. The fraction of sp³-hybridized carbons (Fsp3) is 0.148. The molecule has 35 heavy (non-hydrogen) atoms. The van der Waals surface area contributed by atoms with Gasteiger partial charge in [0.1, 0.15) is 17.6 Å². The number of aromatic nitrogens is 1. The summed E-state index contributed by atoms with van der Waals surface area (Å²) >= 11 is 12.1. The number of nitrogens with zero attached hydrogens (tertiary/aromatic N) is 2. The van der Waals surface area contributed by atoms with E-state index < -0.39 is 0 Å². The summed E-state index contributed by atoms with van der Waals surface area (Å²) in [5, 5.41) is 7.48. The fourth-order valence-corrected chi connectivity index (χ4v) is 4.88. The van der Waals surface area contributed by atoms with Crippen molar-refractivity contribution in [3.63, 3.8) is 0 Å². The number of hydrogen-bond donors (Lipinski definition) is 2. The van der Waals surface area contributed by atoms with Crippen LogP contribution in [0.2, 0.25) is 5.02 Å². The maximum atomic E-state index is 11.4. The molecule has 2 unspecified atom stereocenters. The van der Waals surface area contributed by atoms with E-state index in [0.717, 1.165) is 34.0 Å². The van der Waals surface area contributed by atoms with Crippen molar-refractivity contribution in [3.05, 3.63) is 101 Å². The standard InChI is InChI=1S/C27H23ClN4O2S/c1-16-20(6-5-7-21(16)28)23-13-14-24(34-23)26-25(22-8-3-4-15-29-22)31-27(35)32(26)19-11-9-18(10-12-19)30-17(2)33/h3-15,25-26H,1-2H3,(H,30,33)(H,31,35). The second kappa shape index (κ2) is 9.52. The quantitative estimate of drug-likeness (QED) is 0.306. The molecule has 1 amide bonds. The largest absolute Gasteiger partial charge is 0.459 e. The van der Waals surface area contributed by atoms with Crippen LogP contribution in [-0.4, -0.2) is 16.0 Å². The lowest BCUT2D eigenvalue weighted by atomic mass is 10.0. The molecule has 2 N–H and O–H groups in total. The molecular formula is C27H23ClN4O2S. The second-order valence-corrected chi connectivity index (χ2v) is 9.13. The third-order valence-electron chi connectivity index (χ3n) is 6.02.